The number of rotatable bonds is 3. The van der Waals surface area contributed by atoms with Gasteiger partial charge in [-0.3, -0.25) is 9.59 Å². The first-order valence-electron chi connectivity index (χ1n) is 7.92. The van der Waals surface area contributed by atoms with Crippen molar-refractivity contribution >= 4 is 11.8 Å². The molecule has 2 fully saturated rings. The minimum Gasteiger partial charge on any atom is -0.340 e. The first-order chi connectivity index (χ1) is 9.29. The van der Waals surface area contributed by atoms with Crippen LogP contribution in [0.2, 0.25) is 0 Å². The summed E-state index contributed by atoms with van der Waals surface area (Å²) in [6.07, 6.45) is 6.79. The number of amides is 2. The van der Waals surface area contributed by atoms with Crippen LogP contribution in [0.15, 0.2) is 0 Å². The molecule has 1 saturated heterocycles. The smallest absolute Gasteiger partial charge is 0.248 e. The standard InChI is InChI=1S/C16H28N2O2/c1-5-12-13(19)17-15(2,3)14(20)18(12)11-16(4)9-7-6-8-10-16/h12H,5-11H2,1-4H3,(H,17,19). The normalized spacial score (nSPS) is 29.2. The number of hydrogen-bond acceptors (Lipinski definition) is 2. The van der Waals surface area contributed by atoms with Crippen LogP contribution in [0.3, 0.4) is 0 Å². The fraction of sp³-hybridized carbons (Fsp3) is 0.875. The second-order valence-corrected chi connectivity index (χ2v) is 7.34. The predicted octanol–water partition coefficient (Wildman–Crippen LogP) is 2.47. The number of hydrogen-bond donors (Lipinski definition) is 1. The summed E-state index contributed by atoms with van der Waals surface area (Å²) in [5.74, 6) is 0.0623. The van der Waals surface area contributed by atoms with Gasteiger partial charge in [-0.1, -0.05) is 33.1 Å². The van der Waals surface area contributed by atoms with Crippen LogP contribution in [-0.4, -0.2) is 34.8 Å². The van der Waals surface area contributed by atoms with E-state index < -0.39 is 5.54 Å². The maximum absolute atomic E-state index is 12.7. The molecule has 1 saturated carbocycles. The average Bonchev–Trinajstić information content (AvgIpc) is 2.36. The van der Waals surface area contributed by atoms with Gasteiger partial charge in [-0.15, -0.1) is 0 Å². The Morgan fingerprint density at radius 3 is 2.30 bits per heavy atom. The van der Waals surface area contributed by atoms with E-state index >= 15 is 0 Å². The predicted molar refractivity (Wildman–Crippen MR) is 79.2 cm³/mol. The Morgan fingerprint density at radius 1 is 1.15 bits per heavy atom. The summed E-state index contributed by atoms with van der Waals surface area (Å²) in [5.41, 5.74) is -0.594. The molecule has 2 aliphatic rings. The van der Waals surface area contributed by atoms with Crippen LogP contribution in [-0.2, 0) is 9.59 Å². The van der Waals surface area contributed by atoms with E-state index in [2.05, 4.69) is 12.2 Å². The van der Waals surface area contributed by atoms with Gasteiger partial charge in [0.25, 0.3) is 0 Å². The highest BCUT2D eigenvalue weighted by Crippen LogP contribution is 2.38. The minimum atomic E-state index is -0.770. The molecule has 0 aromatic carbocycles. The summed E-state index contributed by atoms with van der Waals surface area (Å²) < 4.78 is 0. The molecule has 114 valence electrons. The van der Waals surface area contributed by atoms with E-state index in [0.717, 1.165) is 19.4 Å². The summed E-state index contributed by atoms with van der Waals surface area (Å²) in [4.78, 5) is 26.8. The molecule has 1 N–H and O–H groups in total. The topological polar surface area (TPSA) is 49.4 Å². The Bertz CT molecular complexity index is 397. The van der Waals surface area contributed by atoms with Gasteiger partial charge < -0.3 is 10.2 Å². The van der Waals surface area contributed by atoms with Crippen molar-refractivity contribution in [1.82, 2.24) is 10.2 Å². The van der Waals surface area contributed by atoms with Crippen LogP contribution in [0.4, 0.5) is 0 Å². The highest BCUT2D eigenvalue weighted by atomic mass is 16.2. The Balaban J connectivity index is 2.20. The van der Waals surface area contributed by atoms with E-state index in [4.69, 9.17) is 0 Å². The van der Waals surface area contributed by atoms with Gasteiger partial charge in [0.1, 0.15) is 11.6 Å². The third-order valence-corrected chi connectivity index (χ3v) is 4.91. The van der Waals surface area contributed by atoms with Gasteiger partial charge in [0, 0.05) is 6.54 Å². The van der Waals surface area contributed by atoms with E-state index in [1.165, 1.54) is 19.3 Å². The monoisotopic (exact) mass is 280 g/mol. The molecular weight excluding hydrogens is 252 g/mol. The fourth-order valence-corrected chi connectivity index (χ4v) is 3.65. The molecule has 2 rings (SSSR count). The minimum absolute atomic E-state index is 0.00323. The third-order valence-electron chi connectivity index (χ3n) is 4.91. The molecule has 20 heavy (non-hydrogen) atoms. The highest BCUT2D eigenvalue weighted by molar-refractivity contribution is 5.99. The van der Waals surface area contributed by atoms with E-state index in [-0.39, 0.29) is 23.3 Å². The Labute approximate surface area is 122 Å². The van der Waals surface area contributed by atoms with Crippen molar-refractivity contribution in [2.45, 2.75) is 77.8 Å². The number of nitrogens with zero attached hydrogens (tertiary/aromatic N) is 1. The lowest BCUT2D eigenvalue weighted by Gasteiger charge is -2.47. The maximum atomic E-state index is 12.7. The van der Waals surface area contributed by atoms with Crippen LogP contribution in [0, 0.1) is 5.41 Å². The Hall–Kier alpha value is -1.06. The van der Waals surface area contributed by atoms with Crippen LogP contribution < -0.4 is 5.32 Å². The second-order valence-electron chi connectivity index (χ2n) is 7.34. The molecule has 1 aliphatic heterocycles. The molecule has 2 amide bonds. The molecule has 4 heteroatoms. The van der Waals surface area contributed by atoms with Crippen molar-refractivity contribution in [3.63, 3.8) is 0 Å². The first-order valence-corrected chi connectivity index (χ1v) is 7.92. The molecule has 1 unspecified atom stereocenters. The number of carbonyl (C=O) groups is 2. The van der Waals surface area contributed by atoms with Crippen LogP contribution in [0.25, 0.3) is 0 Å². The quantitative estimate of drug-likeness (QED) is 0.863. The second kappa shape index (κ2) is 5.38. The lowest BCUT2D eigenvalue weighted by molar-refractivity contribution is -0.155. The lowest BCUT2D eigenvalue weighted by Crippen LogP contribution is -2.69. The van der Waals surface area contributed by atoms with E-state index in [1.54, 1.807) is 13.8 Å². The largest absolute Gasteiger partial charge is 0.340 e. The summed E-state index contributed by atoms with van der Waals surface area (Å²) in [7, 11) is 0. The van der Waals surface area contributed by atoms with Crippen molar-refractivity contribution in [3.8, 4) is 0 Å². The van der Waals surface area contributed by atoms with Crippen molar-refractivity contribution in [3.05, 3.63) is 0 Å². The number of carbonyl (C=O) groups excluding carboxylic acids is 2. The highest BCUT2D eigenvalue weighted by Gasteiger charge is 2.46. The molecule has 4 nitrogen and oxygen atoms in total. The van der Waals surface area contributed by atoms with Gasteiger partial charge >= 0.3 is 0 Å². The molecule has 1 aliphatic carbocycles. The molecule has 0 aromatic rings. The van der Waals surface area contributed by atoms with Crippen molar-refractivity contribution in [2.75, 3.05) is 6.54 Å². The molecule has 0 aromatic heterocycles. The van der Waals surface area contributed by atoms with Gasteiger partial charge in [0.15, 0.2) is 0 Å². The summed E-state index contributed by atoms with van der Waals surface area (Å²) in [6.45, 7) is 8.57. The molecule has 0 radical (unpaired) electrons. The van der Waals surface area contributed by atoms with Crippen molar-refractivity contribution in [2.24, 2.45) is 5.41 Å². The van der Waals surface area contributed by atoms with E-state index in [9.17, 15) is 9.59 Å². The number of piperazine rings is 1. The van der Waals surface area contributed by atoms with E-state index in [0.29, 0.717) is 6.42 Å². The molecule has 1 heterocycles. The molecular formula is C16H28N2O2. The molecule has 1 atom stereocenters. The van der Waals surface area contributed by atoms with Gasteiger partial charge in [0.05, 0.1) is 0 Å². The first kappa shape index (κ1) is 15.3. The maximum Gasteiger partial charge on any atom is 0.248 e. The zero-order valence-corrected chi connectivity index (χ0v) is 13.3. The van der Waals surface area contributed by atoms with E-state index in [1.807, 2.05) is 11.8 Å². The average molecular weight is 280 g/mol. The number of nitrogens with one attached hydrogen (secondary N) is 1. The molecule has 0 bridgehead atoms. The van der Waals surface area contributed by atoms with Crippen LogP contribution in [0.5, 0.6) is 0 Å². The van der Waals surface area contributed by atoms with Gasteiger partial charge in [-0.2, -0.15) is 0 Å². The summed E-state index contributed by atoms with van der Waals surface area (Å²) in [6, 6.07) is -0.297. The zero-order valence-electron chi connectivity index (χ0n) is 13.3. The van der Waals surface area contributed by atoms with Gasteiger partial charge in [-0.25, -0.2) is 0 Å². The van der Waals surface area contributed by atoms with Crippen molar-refractivity contribution < 1.29 is 9.59 Å². The lowest BCUT2D eigenvalue weighted by atomic mass is 9.74. The van der Waals surface area contributed by atoms with Crippen molar-refractivity contribution in [1.29, 1.82) is 0 Å². The van der Waals surface area contributed by atoms with Gasteiger partial charge in [-0.05, 0) is 38.5 Å². The van der Waals surface area contributed by atoms with Gasteiger partial charge in [0.2, 0.25) is 11.8 Å². The molecule has 0 spiro atoms. The fourth-order valence-electron chi connectivity index (χ4n) is 3.65. The Morgan fingerprint density at radius 2 is 1.75 bits per heavy atom. The van der Waals surface area contributed by atoms with Crippen LogP contribution >= 0.6 is 0 Å². The third kappa shape index (κ3) is 2.84. The summed E-state index contributed by atoms with van der Waals surface area (Å²) in [5, 5.41) is 2.86. The summed E-state index contributed by atoms with van der Waals surface area (Å²) >= 11 is 0. The zero-order chi connectivity index (χ0) is 15.0. The Kier molecular flexibility index (Phi) is 4.12. The van der Waals surface area contributed by atoms with Crippen LogP contribution in [0.1, 0.15) is 66.2 Å². The SMILES string of the molecule is CCC1C(=O)NC(C)(C)C(=O)N1CC1(C)CCCCC1.